The van der Waals surface area contributed by atoms with Crippen molar-refractivity contribution in [3.05, 3.63) is 134 Å². The molecule has 0 bridgehead atoms. The molecule has 57 heavy (non-hydrogen) atoms. The normalized spacial score (nSPS) is 25.1. The fourth-order valence-corrected chi connectivity index (χ4v) is 10.1. The summed E-state index contributed by atoms with van der Waals surface area (Å²) in [6, 6.07) is 24.9. The van der Waals surface area contributed by atoms with E-state index < -0.39 is 40.9 Å². The van der Waals surface area contributed by atoms with E-state index in [0.29, 0.717) is 35.1 Å². The Hall–Kier alpha value is -5.47. The van der Waals surface area contributed by atoms with Gasteiger partial charge in [0, 0.05) is 67.2 Å². The van der Waals surface area contributed by atoms with Gasteiger partial charge >= 0.3 is 12.1 Å². The molecule has 4 aliphatic heterocycles. The van der Waals surface area contributed by atoms with Crippen molar-refractivity contribution in [2.45, 2.75) is 29.8 Å². The molecule has 4 aromatic rings. The van der Waals surface area contributed by atoms with Gasteiger partial charge in [-0.05, 0) is 72.1 Å². The molecule has 12 nitrogen and oxygen atoms in total. The first-order valence-electron chi connectivity index (χ1n) is 18.1. The van der Waals surface area contributed by atoms with Crippen LogP contribution in [0.15, 0.2) is 84.9 Å². The van der Waals surface area contributed by atoms with Crippen molar-refractivity contribution in [2.75, 3.05) is 56.7 Å². The van der Waals surface area contributed by atoms with Gasteiger partial charge in [-0.3, -0.25) is 19.4 Å². The van der Waals surface area contributed by atoms with Crippen LogP contribution in [0.25, 0.3) is 4.85 Å². The molecule has 0 radical (unpaired) electrons. The highest BCUT2D eigenvalue weighted by atomic mass is 35.5. The first-order valence-corrected chi connectivity index (χ1v) is 19.3. The largest absolute Gasteiger partial charge is 0.332 e. The predicted molar refractivity (Wildman–Crippen MR) is 217 cm³/mol. The third-order valence-electron chi connectivity index (χ3n) is 11.9. The van der Waals surface area contributed by atoms with Gasteiger partial charge in [0.15, 0.2) is 5.69 Å². The molecule has 4 aromatic carbocycles. The van der Waals surface area contributed by atoms with Crippen LogP contribution >= 0.6 is 34.8 Å². The molecule has 288 valence electrons. The number of carbonyl (C=O) groups excluding carboxylic acids is 4. The zero-order valence-electron chi connectivity index (χ0n) is 31.1. The van der Waals surface area contributed by atoms with Crippen LogP contribution in [0.1, 0.15) is 34.1 Å². The smallest absolute Gasteiger partial charge is 0.310 e. The molecule has 0 N–H and O–H groups in total. The summed E-state index contributed by atoms with van der Waals surface area (Å²) >= 11 is 19.1. The average Bonchev–Trinajstić information content (AvgIpc) is 3.86. The molecular formula is C42H35Cl3N8O4. The fourth-order valence-electron chi connectivity index (χ4n) is 9.25. The number of carbonyl (C=O) groups is 4. The quantitative estimate of drug-likeness (QED) is 0.146. The lowest BCUT2D eigenvalue weighted by molar-refractivity contribution is -0.125. The fraction of sp³-hybridized carbons (Fsp3) is 0.286. The number of urea groups is 2. The van der Waals surface area contributed by atoms with Gasteiger partial charge in [0.05, 0.1) is 36.2 Å². The van der Waals surface area contributed by atoms with Crippen molar-refractivity contribution in [3.63, 3.8) is 0 Å². The molecule has 4 atom stereocenters. The van der Waals surface area contributed by atoms with Gasteiger partial charge < -0.3 is 9.80 Å². The lowest BCUT2D eigenvalue weighted by Crippen LogP contribution is -2.55. The summed E-state index contributed by atoms with van der Waals surface area (Å²) in [5.41, 5.74) is 1.22. The average molecular weight is 822 g/mol. The Balaban J connectivity index is 1.17. The number of aryl methyl sites for hydroxylation is 1. The lowest BCUT2D eigenvalue weighted by atomic mass is 9.80. The van der Waals surface area contributed by atoms with E-state index in [-0.39, 0.29) is 41.4 Å². The lowest BCUT2D eigenvalue weighted by Gasteiger charge is -2.34. The van der Waals surface area contributed by atoms with E-state index in [9.17, 15) is 24.4 Å². The standard InChI is InChI=1S/C42H35Cl3N8O4/c1-25-13-29(43)16-33(14-25)52-37(54)42(48(3)39(52)56)23-51(21-36(42)28-9-11-32(47-2)12-10-28)24-50-20-35(27-7-5-26(19-46)6-8-27)41(22-50)38(55)53(40(57)49(41)4)34-17-30(44)15-31(45)18-34/h5-18,35-36H,20-24H2,1,3-4H3/t35?,36-,41-,42+/m1/s1. The zero-order valence-corrected chi connectivity index (χ0v) is 33.4. The van der Waals surface area contributed by atoms with E-state index in [0.717, 1.165) is 21.6 Å². The summed E-state index contributed by atoms with van der Waals surface area (Å²) in [6.45, 7) is 10.6. The number of likely N-dealkylation sites (N-methyl/N-ethyl adjacent to an activating group) is 2. The molecule has 0 aliphatic carbocycles. The number of likely N-dealkylation sites (tertiary alicyclic amines) is 2. The Kier molecular flexibility index (Phi) is 9.55. The number of imide groups is 2. The van der Waals surface area contributed by atoms with Crippen LogP contribution in [-0.4, -0.2) is 101 Å². The SMILES string of the molecule is [C-]#[N+]c1ccc([C@H]2CN(CN3CC(c4ccc(C#N)cc4)[C@]4(C3)C(=O)N(c3cc(Cl)cc(Cl)c3)C(=O)N4C)C[C@@]23C(=O)N(c2cc(C)cc(Cl)c2)C(=O)N3C)cc1. The van der Waals surface area contributed by atoms with Crippen LogP contribution in [0.2, 0.25) is 15.1 Å². The molecule has 1 unspecified atom stereocenters. The minimum absolute atomic E-state index is 0.147. The van der Waals surface area contributed by atoms with Gasteiger partial charge in [-0.25, -0.2) is 24.2 Å². The number of benzene rings is 4. The maximum atomic E-state index is 14.9. The number of nitrogens with zero attached hydrogens (tertiary/aromatic N) is 8. The highest BCUT2D eigenvalue weighted by Crippen LogP contribution is 2.49. The van der Waals surface area contributed by atoms with Gasteiger partial charge in [0.25, 0.3) is 11.8 Å². The van der Waals surface area contributed by atoms with Crippen LogP contribution in [0.4, 0.5) is 26.7 Å². The summed E-state index contributed by atoms with van der Waals surface area (Å²) in [6.07, 6.45) is 0. The number of amides is 6. The summed E-state index contributed by atoms with van der Waals surface area (Å²) in [5.74, 6) is -1.84. The zero-order chi connectivity index (χ0) is 40.6. The predicted octanol–water partition coefficient (Wildman–Crippen LogP) is 7.51. The van der Waals surface area contributed by atoms with E-state index in [4.69, 9.17) is 41.4 Å². The molecule has 4 fully saturated rings. The number of halogens is 3. The molecular weight excluding hydrogens is 787 g/mol. The van der Waals surface area contributed by atoms with E-state index in [1.807, 2.05) is 31.2 Å². The van der Waals surface area contributed by atoms with Crippen molar-refractivity contribution in [2.24, 2.45) is 0 Å². The second kappa shape index (κ2) is 14.2. The van der Waals surface area contributed by atoms with Gasteiger partial charge in [-0.1, -0.05) is 71.2 Å². The molecule has 6 amide bonds. The van der Waals surface area contributed by atoms with Crippen LogP contribution < -0.4 is 9.80 Å². The third-order valence-corrected chi connectivity index (χ3v) is 12.6. The second-order valence-electron chi connectivity index (χ2n) is 15.1. The van der Waals surface area contributed by atoms with Crippen LogP contribution in [0.5, 0.6) is 0 Å². The highest BCUT2D eigenvalue weighted by Gasteiger charge is 2.67. The van der Waals surface area contributed by atoms with E-state index in [2.05, 4.69) is 20.7 Å². The van der Waals surface area contributed by atoms with Crippen molar-refractivity contribution in [1.29, 1.82) is 5.26 Å². The molecule has 0 aromatic heterocycles. The maximum Gasteiger partial charge on any atom is 0.332 e. The second-order valence-corrected chi connectivity index (χ2v) is 16.4. The topological polar surface area (TPSA) is 116 Å². The van der Waals surface area contributed by atoms with E-state index in [1.165, 1.54) is 32.9 Å². The van der Waals surface area contributed by atoms with Gasteiger partial charge in [-0.2, -0.15) is 5.26 Å². The number of hydrogen-bond donors (Lipinski definition) is 0. The summed E-state index contributed by atoms with van der Waals surface area (Å²) in [5, 5.41) is 10.5. The first-order chi connectivity index (χ1) is 27.2. The number of hydrogen-bond acceptors (Lipinski definition) is 7. The number of anilines is 2. The van der Waals surface area contributed by atoms with Crippen LogP contribution in [0.3, 0.4) is 0 Å². The molecule has 4 aliphatic rings. The minimum Gasteiger partial charge on any atom is -0.310 e. The Bertz CT molecular complexity index is 2240. The minimum atomic E-state index is -1.36. The first kappa shape index (κ1) is 38.4. The molecule has 8 rings (SSSR count). The molecule has 0 saturated carbocycles. The van der Waals surface area contributed by atoms with E-state index in [1.54, 1.807) is 56.6 Å². The summed E-state index contributed by atoms with van der Waals surface area (Å²) < 4.78 is 0. The Morgan fingerprint density at radius 2 is 1.14 bits per heavy atom. The highest BCUT2D eigenvalue weighted by molar-refractivity contribution is 6.36. The summed E-state index contributed by atoms with van der Waals surface area (Å²) in [7, 11) is 3.26. The van der Waals surface area contributed by atoms with E-state index >= 15 is 0 Å². The number of rotatable bonds is 6. The molecule has 15 heteroatoms. The molecule has 2 spiro atoms. The Labute approximate surface area is 344 Å². The van der Waals surface area contributed by atoms with Crippen LogP contribution in [-0.2, 0) is 9.59 Å². The van der Waals surface area contributed by atoms with Gasteiger partial charge in [0.2, 0.25) is 0 Å². The van der Waals surface area contributed by atoms with Crippen molar-refractivity contribution >= 4 is 75.7 Å². The number of nitriles is 1. The van der Waals surface area contributed by atoms with Crippen molar-refractivity contribution < 1.29 is 19.2 Å². The Morgan fingerprint density at radius 1 is 0.702 bits per heavy atom. The maximum absolute atomic E-state index is 14.9. The third kappa shape index (κ3) is 6.03. The van der Waals surface area contributed by atoms with Crippen molar-refractivity contribution in [3.8, 4) is 6.07 Å². The van der Waals surface area contributed by atoms with Crippen molar-refractivity contribution in [1.82, 2.24) is 19.6 Å². The monoisotopic (exact) mass is 820 g/mol. The summed E-state index contributed by atoms with van der Waals surface area (Å²) in [4.78, 5) is 71.1. The van der Waals surface area contributed by atoms with Crippen LogP contribution in [0, 0.1) is 24.8 Å². The molecule has 4 saturated heterocycles. The van der Waals surface area contributed by atoms with Gasteiger partial charge in [0.1, 0.15) is 11.1 Å². The Morgan fingerprint density at radius 3 is 1.58 bits per heavy atom. The molecule has 4 heterocycles. The van der Waals surface area contributed by atoms with Gasteiger partial charge in [-0.15, -0.1) is 0 Å².